The van der Waals surface area contributed by atoms with Crippen molar-refractivity contribution >= 4 is 11.5 Å². The number of anilines is 1. The van der Waals surface area contributed by atoms with Gasteiger partial charge in [0, 0.05) is 12.6 Å². The lowest BCUT2D eigenvalue weighted by Crippen LogP contribution is -2.12. The monoisotopic (exact) mass is 189 g/mol. The van der Waals surface area contributed by atoms with Crippen molar-refractivity contribution in [3.8, 4) is 0 Å². The molecule has 0 saturated carbocycles. The molecule has 1 heterocycles. The van der Waals surface area contributed by atoms with Gasteiger partial charge in [0.15, 0.2) is 0 Å². The SMILES string of the molecule is C=C1C(=O)c2ccccc2N1C.CC. The van der Waals surface area contributed by atoms with Crippen molar-refractivity contribution in [2.75, 3.05) is 11.9 Å². The Morgan fingerprint density at radius 3 is 2.36 bits per heavy atom. The summed E-state index contributed by atoms with van der Waals surface area (Å²) in [5.41, 5.74) is 2.26. The van der Waals surface area contributed by atoms with Crippen LogP contribution in [0.3, 0.4) is 0 Å². The van der Waals surface area contributed by atoms with Crippen LogP contribution in [-0.4, -0.2) is 12.8 Å². The minimum atomic E-state index is 0.0353. The van der Waals surface area contributed by atoms with E-state index < -0.39 is 0 Å². The number of para-hydroxylation sites is 1. The molecule has 0 unspecified atom stereocenters. The van der Waals surface area contributed by atoms with E-state index in [9.17, 15) is 4.79 Å². The number of allylic oxidation sites excluding steroid dienone is 1. The van der Waals surface area contributed by atoms with E-state index in [2.05, 4.69) is 6.58 Å². The van der Waals surface area contributed by atoms with Crippen LogP contribution in [0.2, 0.25) is 0 Å². The highest BCUT2D eigenvalue weighted by Crippen LogP contribution is 2.31. The van der Waals surface area contributed by atoms with Gasteiger partial charge < -0.3 is 4.90 Å². The molecule has 2 rings (SSSR count). The van der Waals surface area contributed by atoms with E-state index >= 15 is 0 Å². The average molecular weight is 189 g/mol. The Kier molecular flexibility index (Phi) is 3.07. The van der Waals surface area contributed by atoms with Crippen molar-refractivity contribution in [2.45, 2.75) is 13.8 Å². The number of rotatable bonds is 0. The number of carbonyl (C=O) groups is 1. The highest BCUT2D eigenvalue weighted by Gasteiger charge is 2.26. The van der Waals surface area contributed by atoms with Gasteiger partial charge in [-0.1, -0.05) is 32.6 Å². The molecule has 0 fully saturated rings. The maximum Gasteiger partial charge on any atom is 0.210 e. The van der Waals surface area contributed by atoms with Crippen LogP contribution in [0.1, 0.15) is 24.2 Å². The summed E-state index contributed by atoms with van der Waals surface area (Å²) >= 11 is 0. The predicted molar refractivity (Wildman–Crippen MR) is 59.7 cm³/mol. The van der Waals surface area contributed by atoms with Gasteiger partial charge in [-0.2, -0.15) is 0 Å². The number of ketones is 1. The van der Waals surface area contributed by atoms with Gasteiger partial charge in [-0.3, -0.25) is 4.79 Å². The fourth-order valence-electron chi connectivity index (χ4n) is 1.41. The number of nitrogens with zero attached hydrogens (tertiary/aromatic N) is 1. The Morgan fingerprint density at radius 1 is 1.21 bits per heavy atom. The Labute approximate surface area is 84.9 Å². The van der Waals surface area contributed by atoms with Crippen LogP contribution < -0.4 is 4.90 Å². The van der Waals surface area contributed by atoms with Gasteiger partial charge in [-0.05, 0) is 12.1 Å². The first kappa shape index (κ1) is 10.5. The summed E-state index contributed by atoms with van der Waals surface area (Å²) in [7, 11) is 1.85. The van der Waals surface area contributed by atoms with Crippen LogP contribution in [0.5, 0.6) is 0 Å². The van der Waals surface area contributed by atoms with E-state index in [4.69, 9.17) is 0 Å². The van der Waals surface area contributed by atoms with Gasteiger partial charge in [-0.15, -0.1) is 0 Å². The Morgan fingerprint density at radius 2 is 1.79 bits per heavy atom. The molecule has 0 saturated heterocycles. The van der Waals surface area contributed by atoms with Crippen LogP contribution in [0, 0.1) is 0 Å². The number of benzene rings is 1. The van der Waals surface area contributed by atoms with Crippen molar-refractivity contribution in [3.63, 3.8) is 0 Å². The molecule has 74 valence electrons. The standard InChI is InChI=1S/C10H9NO.C2H6/c1-7-10(12)8-5-3-4-6-9(8)11(7)2;1-2/h3-6H,1H2,2H3;1-2H3. The van der Waals surface area contributed by atoms with Crippen LogP contribution in [0.4, 0.5) is 5.69 Å². The first-order chi connectivity index (χ1) is 6.72. The largest absolute Gasteiger partial charge is 0.341 e. The van der Waals surface area contributed by atoms with Crippen molar-refractivity contribution in [3.05, 3.63) is 42.1 Å². The zero-order chi connectivity index (χ0) is 10.7. The topological polar surface area (TPSA) is 20.3 Å². The molecule has 0 N–H and O–H groups in total. The lowest BCUT2D eigenvalue weighted by molar-refractivity contribution is 0.104. The quantitative estimate of drug-likeness (QED) is 0.585. The second-order valence-corrected chi connectivity index (χ2v) is 2.85. The number of likely N-dealkylation sites (N-methyl/N-ethyl adjacent to an activating group) is 1. The van der Waals surface area contributed by atoms with E-state index in [1.165, 1.54) is 0 Å². The van der Waals surface area contributed by atoms with E-state index in [1.807, 2.05) is 50.1 Å². The van der Waals surface area contributed by atoms with Gasteiger partial charge in [0.1, 0.15) is 0 Å². The van der Waals surface area contributed by atoms with Crippen LogP contribution in [0.15, 0.2) is 36.5 Å². The van der Waals surface area contributed by atoms with Crippen LogP contribution >= 0.6 is 0 Å². The van der Waals surface area contributed by atoms with E-state index in [1.54, 1.807) is 0 Å². The molecule has 0 amide bonds. The summed E-state index contributed by atoms with van der Waals surface area (Å²) in [6.45, 7) is 7.71. The molecule has 1 aromatic carbocycles. The van der Waals surface area contributed by atoms with Gasteiger partial charge in [0.25, 0.3) is 0 Å². The summed E-state index contributed by atoms with van der Waals surface area (Å²) in [5.74, 6) is 0.0353. The van der Waals surface area contributed by atoms with Crippen molar-refractivity contribution in [1.29, 1.82) is 0 Å². The lowest BCUT2D eigenvalue weighted by Gasteiger charge is -2.10. The number of Topliss-reactive ketones (excluding diaryl/α,β-unsaturated/α-hetero) is 1. The van der Waals surface area contributed by atoms with Gasteiger partial charge in [0.2, 0.25) is 5.78 Å². The number of hydrogen-bond acceptors (Lipinski definition) is 2. The molecule has 0 radical (unpaired) electrons. The highest BCUT2D eigenvalue weighted by atomic mass is 16.1. The summed E-state index contributed by atoms with van der Waals surface area (Å²) in [6, 6.07) is 7.53. The fraction of sp³-hybridized carbons (Fsp3) is 0.250. The van der Waals surface area contributed by atoms with Crippen molar-refractivity contribution < 1.29 is 4.79 Å². The summed E-state index contributed by atoms with van der Waals surface area (Å²) in [5, 5.41) is 0. The highest BCUT2D eigenvalue weighted by molar-refractivity contribution is 6.18. The van der Waals surface area contributed by atoms with Crippen LogP contribution in [-0.2, 0) is 0 Å². The Balaban J connectivity index is 0.000000461. The molecular formula is C12H15NO. The normalized spacial score (nSPS) is 13.5. The zero-order valence-corrected chi connectivity index (χ0v) is 8.87. The minimum absolute atomic E-state index is 0.0353. The molecule has 0 spiro atoms. The fourth-order valence-corrected chi connectivity index (χ4v) is 1.41. The average Bonchev–Trinajstić information content (AvgIpc) is 2.48. The zero-order valence-electron chi connectivity index (χ0n) is 8.87. The third kappa shape index (κ3) is 1.43. The lowest BCUT2D eigenvalue weighted by atomic mass is 10.1. The third-order valence-corrected chi connectivity index (χ3v) is 2.18. The molecule has 1 aromatic rings. The van der Waals surface area contributed by atoms with Crippen LogP contribution in [0.25, 0.3) is 0 Å². The maximum absolute atomic E-state index is 11.5. The molecule has 2 heteroatoms. The smallest absolute Gasteiger partial charge is 0.210 e. The second-order valence-electron chi connectivity index (χ2n) is 2.85. The molecule has 0 bridgehead atoms. The molecule has 0 aromatic heterocycles. The Bertz CT molecular complexity index is 368. The number of fused-ring (bicyclic) bond motifs is 1. The molecule has 1 aliphatic heterocycles. The van der Waals surface area contributed by atoms with Crippen molar-refractivity contribution in [2.24, 2.45) is 0 Å². The van der Waals surface area contributed by atoms with Gasteiger partial charge in [-0.25, -0.2) is 0 Å². The summed E-state index contributed by atoms with van der Waals surface area (Å²) in [4.78, 5) is 13.3. The summed E-state index contributed by atoms with van der Waals surface area (Å²) < 4.78 is 0. The first-order valence-electron chi connectivity index (χ1n) is 4.78. The number of carbonyl (C=O) groups excluding carboxylic acids is 1. The second kappa shape index (κ2) is 4.09. The molecule has 0 aliphatic carbocycles. The molecule has 14 heavy (non-hydrogen) atoms. The first-order valence-corrected chi connectivity index (χ1v) is 4.78. The van der Waals surface area contributed by atoms with Gasteiger partial charge >= 0.3 is 0 Å². The van der Waals surface area contributed by atoms with Gasteiger partial charge in [0.05, 0.1) is 11.4 Å². The predicted octanol–water partition coefficient (Wildman–Crippen LogP) is 2.86. The summed E-state index contributed by atoms with van der Waals surface area (Å²) in [6.07, 6.45) is 0. The van der Waals surface area contributed by atoms with Crippen molar-refractivity contribution in [1.82, 2.24) is 0 Å². The Hall–Kier alpha value is -1.57. The molecule has 0 atom stereocenters. The van der Waals surface area contributed by atoms with E-state index in [0.717, 1.165) is 11.3 Å². The van der Waals surface area contributed by atoms with E-state index in [0.29, 0.717) is 5.70 Å². The number of hydrogen-bond donors (Lipinski definition) is 0. The molecular weight excluding hydrogens is 174 g/mol. The third-order valence-electron chi connectivity index (χ3n) is 2.18. The molecule has 1 aliphatic rings. The molecule has 2 nitrogen and oxygen atoms in total. The minimum Gasteiger partial charge on any atom is -0.341 e. The maximum atomic E-state index is 11.5. The van der Waals surface area contributed by atoms with E-state index in [-0.39, 0.29) is 5.78 Å².